The number of esters is 1. The fraction of sp³-hybridized carbons (Fsp3) is 0.200. The molecule has 0 heterocycles. The summed E-state index contributed by atoms with van der Waals surface area (Å²) >= 11 is 0. The van der Waals surface area contributed by atoms with E-state index in [1.54, 1.807) is 61.7 Å². The molecule has 0 aliphatic carbocycles. The number of anilines is 1. The second kappa shape index (κ2) is 10.3. The van der Waals surface area contributed by atoms with Gasteiger partial charge in [0.1, 0.15) is 0 Å². The Labute approximate surface area is 181 Å². The number of carbonyl (C=O) groups excluding carboxylic acids is 2. The van der Waals surface area contributed by atoms with Gasteiger partial charge in [0.15, 0.2) is 11.5 Å². The number of nitrogens with one attached hydrogen (secondary N) is 1. The molecule has 0 saturated carbocycles. The number of carbonyl (C=O) groups is 2. The fourth-order valence-corrected chi connectivity index (χ4v) is 3.08. The number of hydrogen-bond donors (Lipinski definition) is 1. The van der Waals surface area contributed by atoms with Gasteiger partial charge in [-0.05, 0) is 36.8 Å². The van der Waals surface area contributed by atoms with E-state index in [0.29, 0.717) is 28.3 Å². The van der Waals surface area contributed by atoms with Gasteiger partial charge in [-0.25, -0.2) is 0 Å². The molecule has 3 aromatic carbocycles. The number of aryl methyl sites for hydroxylation is 1. The minimum atomic E-state index is -1.07. The van der Waals surface area contributed by atoms with E-state index in [1.165, 1.54) is 7.11 Å². The highest BCUT2D eigenvalue weighted by molar-refractivity contribution is 5.96. The SMILES string of the molecule is COc1ccc(CC(=O)O[C@@H](C(=O)Nc2ccc(C)cc2)c2ccccc2)cc1OC. The van der Waals surface area contributed by atoms with Crippen LogP contribution in [0.15, 0.2) is 72.8 Å². The predicted octanol–water partition coefficient (Wildman–Crippen LogP) is 4.48. The Balaban J connectivity index is 1.76. The van der Waals surface area contributed by atoms with Gasteiger partial charge in [0.25, 0.3) is 5.91 Å². The maximum atomic E-state index is 12.9. The Bertz CT molecular complexity index is 1030. The zero-order valence-electron chi connectivity index (χ0n) is 17.8. The second-order valence-electron chi connectivity index (χ2n) is 7.00. The quantitative estimate of drug-likeness (QED) is 0.545. The minimum absolute atomic E-state index is 0.0124. The van der Waals surface area contributed by atoms with E-state index in [0.717, 1.165) is 5.56 Å². The zero-order chi connectivity index (χ0) is 22.2. The maximum Gasteiger partial charge on any atom is 0.311 e. The normalized spacial score (nSPS) is 11.3. The number of amides is 1. The molecular weight excluding hydrogens is 394 g/mol. The molecule has 0 saturated heterocycles. The van der Waals surface area contributed by atoms with E-state index >= 15 is 0 Å². The van der Waals surface area contributed by atoms with Crippen LogP contribution in [-0.4, -0.2) is 26.1 Å². The Morgan fingerprint density at radius 1 is 0.871 bits per heavy atom. The molecule has 1 atom stereocenters. The second-order valence-corrected chi connectivity index (χ2v) is 7.00. The van der Waals surface area contributed by atoms with E-state index in [2.05, 4.69) is 5.32 Å². The summed E-state index contributed by atoms with van der Waals surface area (Å²) in [6, 6.07) is 21.5. The highest BCUT2D eigenvalue weighted by Gasteiger charge is 2.25. The van der Waals surface area contributed by atoms with Crippen LogP contribution >= 0.6 is 0 Å². The van der Waals surface area contributed by atoms with Gasteiger partial charge in [0.05, 0.1) is 20.6 Å². The molecule has 0 aliphatic rings. The Hall–Kier alpha value is -3.80. The molecule has 0 fully saturated rings. The Kier molecular flexibility index (Phi) is 7.27. The summed E-state index contributed by atoms with van der Waals surface area (Å²) in [6.45, 7) is 1.97. The van der Waals surface area contributed by atoms with Crippen LogP contribution in [-0.2, 0) is 20.7 Å². The first-order chi connectivity index (χ1) is 15.0. The van der Waals surface area contributed by atoms with Crippen LogP contribution in [0.3, 0.4) is 0 Å². The lowest BCUT2D eigenvalue weighted by molar-refractivity contribution is -0.154. The van der Waals surface area contributed by atoms with Crippen molar-refractivity contribution in [3.05, 3.63) is 89.5 Å². The van der Waals surface area contributed by atoms with Crippen LogP contribution in [0.4, 0.5) is 5.69 Å². The first-order valence-corrected chi connectivity index (χ1v) is 9.83. The van der Waals surface area contributed by atoms with Gasteiger partial charge in [-0.1, -0.05) is 54.1 Å². The van der Waals surface area contributed by atoms with Crippen molar-refractivity contribution in [3.63, 3.8) is 0 Å². The molecule has 3 rings (SSSR count). The number of methoxy groups -OCH3 is 2. The molecule has 0 radical (unpaired) electrons. The Morgan fingerprint density at radius 3 is 2.19 bits per heavy atom. The molecule has 0 unspecified atom stereocenters. The molecule has 0 bridgehead atoms. The highest BCUT2D eigenvalue weighted by atomic mass is 16.5. The van der Waals surface area contributed by atoms with Gasteiger partial charge in [-0.3, -0.25) is 9.59 Å². The third kappa shape index (κ3) is 5.85. The van der Waals surface area contributed by atoms with Crippen LogP contribution in [0, 0.1) is 6.92 Å². The summed E-state index contributed by atoms with van der Waals surface area (Å²) < 4.78 is 16.1. The summed E-state index contributed by atoms with van der Waals surface area (Å²) in [7, 11) is 3.07. The molecule has 0 aromatic heterocycles. The van der Waals surface area contributed by atoms with Crippen molar-refractivity contribution in [1.29, 1.82) is 0 Å². The van der Waals surface area contributed by atoms with Gasteiger partial charge in [0, 0.05) is 11.3 Å². The summed E-state index contributed by atoms with van der Waals surface area (Å²) in [5.41, 5.74) is 2.99. The number of ether oxygens (including phenoxy) is 3. The lowest BCUT2D eigenvalue weighted by Gasteiger charge is -2.18. The lowest BCUT2D eigenvalue weighted by atomic mass is 10.1. The van der Waals surface area contributed by atoms with Crippen molar-refractivity contribution < 1.29 is 23.8 Å². The van der Waals surface area contributed by atoms with Crippen LogP contribution in [0.25, 0.3) is 0 Å². The Morgan fingerprint density at radius 2 is 1.55 bits per heavy atom. The predicted molar refractivity (Wildman–Crippen MR) is 118 cm³/mol. The maximum absolute atomic E-state index is 12.9. The van der Waals surface area contributed by atoms with Gasteiger partial charge >= 0.3 is 5.97 Å². The third-order valence-electron chi connectivity index (χ3n) is 4.71. The molecule has 160 valence electrons. The van der Waals surface area contributed by atoms with Crippen LogP contribution in [0.2, 0.25) is 0 Å². The van der Waals surface area contributed by atoms with E-state index < -0.39 is 18.0 Å². The molecule has 6 nitrogen and oxygen atoms in total. The van der Waals surface area contributed by atoms with Crippen LogP contribution in [0.1, 0.15) is 22.8 Å². The van der Waals surface area contributed by atoms with Crippen LogP contribution < -0.4 is 14.8 Å². The average Bonchev–Trinajstić information content (AvgIpc) is 2.79. The average molecular weight is 419 g/mol. The molecule has 0 aliphatic heterocycles. The number of benzene rings is 3. The summed E-state index contributed by atoms with van der Waals surface area (Å²) in [6.07, 6.45) is -1.09. The van der Waals surface area contributed by atoms with Gasteiger partial charge in [0.2, 0.25) is 6.10 Å². The van der Waals surface area contributed by atoms with Crippen molar-refractivity contribution in [2.75, 3.05) is 19.5 Å². The monoisotopic (exact) mass is 419 g/mol. The van der Waals surface area contributed by atoms with Crippen molar-refractivity contribution >= 4 is 17.6 Å². The first kappa shape index (κ1) is 21.9. The lowest BCUT2D eigenvalue weighted by Crippen LogP contribution is -2.26. The number of rotatable bonds is 8. The summed E-state index contributed by atoms with van der Waals surface area (Å²) in [5.74, 6) is 0.139. The van der Waals surface area contributed by atoms with E-state index in [-0.39, 0.29) is 6.42 Å². The fourth-order valence-electron chi connectivity index (χ4n) is 3.08. The minimum Gasteiger partial charge on any atom is -0.493 e. The summed E-state index contributed by atoms with van der Waals surface area (Å²) in [4.78, 5) is 25.6. The smallest absolute Gasteiger partial charge is 0.311 e. The third-order valence-corrected chi connectivity index (χ3v) is 4.71. The van der Waals surface area contributed by atoms with Crippen molar-refractivity contribution in [2.24, 2.45) is 0 Å². The molecule has 1 N–H and O–H groups in total. The van der Waals surface area contributed by atoms with E-state index in [4.69, 9.17) is 14.2 Å². The van der Waals surface area contributed by atoms with Crippen molar-refractivity contribution in [1.82, 2.24) is 0 Å². The zero-order valence-corrected chi connectivity index (χ0v) is 17.8. The summed E-state index contributed by atoms with van der Waals surface area (Å²) in [5, 5.41) is 2.82. The molecule has 1 amide bonds. The molecule has 6 heteroatoms. The van der Waals surface area contributed by atoms with E-state index in [9.17, 15) is 9.59 Å². The molecule has 31 heavy (non-hydrogen) atoms. The number of hydrogen-bond acceptors (Lipinski definition) is 5. The van der Waals surface area contributed by atoms with Crippen LogP contribution in [0.5, 0.6) is 11.5 Å². The van der Waals surface area contributed by atoms with Gasteiger partial charge in [-0.15, -0.1) is 0 Å². The molecule has 3 aromatic rings. The van der Waals surface area contributed by atoms with E-state index in [1.807, 2.05) is 25.1 Å². The van der Waals surface area contributed by atoms with Gasteiger partial charge in [-0.2, -0.15) is 0 Å². The molecular formula is C25H25NO5. The van der Waals surface area contributed by atoms with Crippen molar-refractivity contribution in [2.45, 2.75) is 19.4 Å². The largest absolute Gasteiger partial charge is 0.493 e. The van der Waals surface area contributed by atoms with Crippen molar-refractivity contribution in [3.8, 4) is 11.5 Å². The molecule has 0 spiro atoms. The standard InChI is InChI=1S/C25H25NO5/c1-17-9-12-20(13-10-17)26-25(28)24(19-7-5-4-6-8-19)31-23(27)16-18-11-14-21(29-2)22(15-18)30-3/h4-15,24H,16H2,1-3H3,(H,26,28)/t24-/m1/s1. The topological polar surface area (TPSA) is 73.9 Å². The van der Waals surface area contributed by atoms with Gasteiger partial charge < -0.3 is 19.5 Å². The highest BCUT2D eigenvalue weighted by Crippen LogP contribution is 2.28. The first-order valence-electron chi connectivity index (χ1n) is 9.83.